The molecule has 90 valence electrons. The van der Waals surface area contributed by atoms with Crippen LogP contribution in [0, 0.1) is 0 Å². The number of hydrogen-bond acceptors (Lipinski definition) is 3. The van der Waals surface area contributed by atoms with E-state index < -0.39 is 10.2 Å². The molecule has 6 heteroatoms. The van der Waals surface area contributed by atoms with Gasteiger partial charge in [0.15, 0.2) is 0 Å². The Morgan fingerprint density at radius 2 is 1.94 bits per heavy atom. The molecule has 1 aromatic carbocycles. The Morgan fingerprint density at radius 3 is 2.56 bits per heavy atom. The van der Waals surface area contributed by atoms with Gasteiger partial charge in [0.2, 0.25) is 0 Å². The molecule has 0 fully saturated rings. The maximum Gasteiger partial charge on any atom is 0.277 e. The van der Waals surface area contributed by atoms with Gasteiger partial charge in [0.1, 0.15) is 0 Å². The van der Waals surface area contributed by atoms with Crippen molar-refractivity contribution < 1.29 is 8.42 Å². The lowest BCUT2D eigenvalue weighted by atomic mass is 10.1. The third kappa shape index (κ3) is 4.28. The normalized spacial score (nSPS) is 11.6. The fourth-order valence-corrected chi connectivity index (χ4v) is 2.12. The highest BCUT2D eigenvalue weighted by Gasteiger charge is 2.06. The highest BCUT2D eigenvalue weighted by Crippen LogP contribution is 2.04. The van der Waals surface area contributed by atoms with E-state index in [0.717, 1.165) is 11.1 Å². The minimum absolute atomic E-state index is 0.267. The third-order valence-electron chi connectivity index (χ3n) is 2.03. The van der Waals surface area contributed by atoms with Gasteiger partial charge in [-0.25, -0.2) is 4.72 Å². The van der Waals surface area contributed by atoms with Gasteiger partial charge in [-0.3, -0.25) is 0 Å². The average Bonchev–Trinajstić information content (AvgIpc) is 2.27. The Balaban J connectivity index is 2.61. The molecule has 0 heterocycles. The Labute approximate surface area is 96.2 Å². The highest BCUT2D eigenvalue weighted by atomic mass is 32.2. The summed E-state index contributed by atoms with van der Waals surface area (Å²) in [5.41, 5.74) is 7.38. The van der Waals surface area contributed by atoms with Crippen LogP contribution < -0.4 is 15.2 Å². The zero-order valence-electron chi connectivity index (χ0n) is 9.23. The van der Waals surface area contributed by atoms with Crippen molar-refractivity contribution in [2.75, 3.05) is 6.54 Å². The van der Waals surface area contributed by atoms with Gasteiger partial charge < -0.3 is 5.73 Å². The van der Waals surface area contributed by atoms with E-state index in [1.807, 2.05) is 24.3 Å². The predicted octanol–water partition coefficient (Wildman–Crippen LogP) is 0.0892. The summed E-state index contributed by atoms with van der Waals surface area (Å²) in [7, 11) is -3.38. The summed E-state index contributed by atoms with van der Waals surface area (Å²) in [6, 6.07) is 7.50. The topological polar surface area (TPSA) is 84.2 Å². The minimum atomic E-state index is -3.38. The number of hydrogen-bond donors (Lipinski definition) is 3. The minimum Gasteiger partial charge on any atom is -0.326 e. The molecule has 1 rings (SSSR count). The fraction of sp³-hybridized carbons (Fsp3) is 0.400. The van der Waals surface area contributed by atoms with E-state index in [0.29, 0.717) is 13.1 Å². The van der Waals surface area contributed by atoms with Crippen LogP contribution in [0.25, 0.3) is 0 Å². The fourth-order valence-electron chi connectivity index (χ4n) is 1.29. The summed E-state index contributed by atoms with van der Waals surface area (Å²) < 4.78 is 27.4. The lowest BCUT2D eigenvalue weighted by Gasteiger charge is -2.07. The summed E-state index contributed by atoms with van der Waals surface area (Å²) in [6.45, 7) is 2.82. The first-order valence-electron chi connectivity index (χ1n) is 5.09. The maximum atomic E-state index is 11.3. The Bertz CT molecular complexity index is 431. The number of benzene rings is 1. The molecule has 5 nitrogen and oxygen atoms in total. The number of rotatable bonds is 6. The second kappa shape index (κ2) is 5.95. The van der Waals surface area contributed by atoms with Crippen LogP contribution >= 0.6 is 0 Å². The van der Waals surface area contributed by atoms with Crippen molar-refractivity contribution in [2.45, 2.75) is 20.0 Å². The molecule has 0 aliphatic carbocycles. The summed E-state index contributed by atoms with van der Waals surface area (Å²) in [5.74, 6) is 0. The van der Waals surface area contributed by atoms with Crippen molar-refractivity contribution in [1.29, 1.82) is 0 Å². The second-order valence-corrected chi connectivity index (χ2v) is 4.93. The van der Waals surface area contributed by atoms with Crippen LogP contribution in [0.4, 0.5) is 0 Å². The number of nitrogens with one attached hydrogen (secondary N) is 2. The molecule has 4 N–H and O–H groups in total. The Hall–Kier alpha value is -0.950. The third-order valence-corrected chi connectivity index (χ3v) is 3.22. The summed E-state index contributed by atoms with van der Waals surface area (Å²) in [5, 5.41) is 0. The van der Waals surface area contributed by atoms with Crippen LogP contribution in [-0.4, -0.2) is 15.0 Å². The van der Waals surface area contributed by atoms with Crippen molar-refractivity contribution in [2.24, 2.45) is 5.73 Å². The van der Waals surface area contributed by atoms with Crippen LogP contribution in [0.1, 0.15) is 18.1 Å². The van der Waals surface area contributed by atoms with Gasteiger partial charge in [-0.1, -0.05) is 31.2 Å². The molecule has 0 aliphatic rings. The SMILES string of the molecule is CCNS(=O)(=O)NCc1cccc(CN)c1. The van der Waals surface area contributed by atoms with E-state index in [1.54, 1.807) is 6.92 Å². The molecule has 0 radical (unpaired) electrons. The van der Waals surface area contributed by atoms with Crippen LogP contribution in [0.2, 0.25) is 0 Å². The van der Waals surface area contributed by atoms with Gasteiger partial charge in [0.05, 0.1) is 0 Å². The van der Waals surface area contributed by atoms with E-state index in [2.05, 4.69) is 9.44 Å². The van der Waals surface area contributed by atoms with Crippen molar-refractivity contribution in [3.05, 3.63) is 35.4 Å². The van der Waals surface area contributed by atoms with Crippen LogP contribution in [0.5, 0.6) is 0 Å². The second-order valence-electron chi connectivity index (χ2n) is 3.35. The van der Waals surface area contributed by atoms with Gasteiger partial charge in [-0.2, -0.15) is 13.1 Å². The molecule has 0 saturated heterocycles. The number of nitrogens with two attached hydrogens (primary N) is 1. The van der Waals surface area contributed by atoms with Crippen molar-refractivity contribution in [1.82, 2.24) is 9.44 Å². The lowest BCUT2D eigenvalue weighted by molar-refractivity contribution is 0.568. The van der Waals surface area contributed by atoms with Crippen LogP contribution in [0.15, 0.2) is 24.3 Å². The molecule has 0 aliphatic heterocycles. The standard InChI is InChI=1S/C10H17N3O2S/c1-2-12-16(14,15)13-8-10-5-3-4-9(6-10)7-11/h3-6,12-13H,2,7-8,11H2,1H3. The zero-order chi connectivity index (χ0) is 12.0. The highest BCUT2D eigenvalue weighted by molar-refractivity contribution is 7.87. The molecular formula is C10H17N3O2S. The molecular weight excluding hydrogens is 226 g/mol. The van der Waals surface area contributed by atoms with Gasteiger partial charge in [-0.15, -0.1) is 0 Å². The monoisotopic (exact) mass is 243 g/mol. The Kier molecular flexibility index (Phi) is 4.88. The molecule has 0 atom stereocenters. The largest absolute Gasteiger partial charge is 0.326 e. The smallest absolute Gasteiger partial charge is 0.277 e. The first-order chi connectivity index (χ1) is 7.57. The van der Waals surface area contributed by atoms with E-state index in [1.165, 1.54) is 0 Å². The molecule has 0 unspecified atom stereocenters. The lowest BCUT2D eigenvalue weighted by Crippen LogP contribution is -2.35. The van der Waals surface area contributed by atoms with Crippen molar-refractivity contribution >= 4 is 10.2 Å². The predicted molar refractivity (Wildman–Crippen MR) is 63.8 cm³/mol. The van der Waals surface area contributed by atoms with Gasteiger partial charge in [-0.05, 0) is 11.1 Å². The van der Waals surface area contributed by atoms with Crippen molar-refractivity contribution in [3.63, 3.8) is 0 Å². The van der Waals surface area contributed by atoms with E-state index in [4.69, 9.17) is 5.73 Å². The first kappa shape index (κ1) is 13.1. The molecule has 0 bridgehead atoms. The summed E-state index contributed by atoms with van der Waals surface area (Å²) >= 11 is 0. The average molecular weight is 243 g/mol. The molecule has 16 heavy (non-hydrogen) atoms. The van der Waals surface area contributed by atoms with E-state index in [9.17, 15) is 8.42 Å². The summed E-state index contributed by atoms with van der Waals surface area (Å²) in [4.78, 5) is 0. The van der Waals surface area contributed by atoms with E-state index >= 15 is 0 Å². The molecule has 0 saturated carbocycles. The van der Waals surface area contributed by atoms with Crippen LogP contribution in [0.3, 0.4) is 0 Å². The quantitative estimate of drug-likeness (QED) is 0.662. The van der Waals surface area contributed by atoms with Crippen molar-refractivity contribution in [3.8, 4) is 0 Å². The Morgan fingerprint density at radius 1 is 1.25 bits per heavy atom. The van der Waals surface area contributed by atoms with Crippen LogP contribution in [-0.2, 0) is 23.3 Å². The molecule has 0 spiro atoms. The molecule has 0 aromatic heterocycles. The first-order valence-corrected chi connectivity index (χ1v) is 6.58. The zero-order valence-corrected chi connectivity index (χ0v) is 10.0. The maximum absolute atomic E-state index is 11.3. The van der Waals surface area contributed by atoms with Gasteiger partial charge >= 0.3 is 0 Å². The van der Waals surface area contributed by atoms with Gasteiger partial charge in [0, 0.05) is 19.6 Å². The van der Waals surface area contributed by atoms with E-state index in [-0.39, 0.29) is 6.54 Å². The molecule has 0 amide bonds. The summed E-state index contributed by atoms with van der Waals surface area (Å²) in [6.07, 6.45) is 0. The van der Waals surface area contributed by atoms with Gasteiger partial charge in [0.25, 0.3) is 10.2 Å². The molecule has 1 aromatic rings.